The number of carbonyl (C=O) groups excluding carboxylic acids is 1. The lowest BCUT2D eigenvalue weighted by Crippen LogP contribution is -2.42. The number of carbonyl (C=O) groups is 1. The van der Waals surface area contributed by atoms with E-state index in [0.717, 1.165) is 11.9 Å². The maximum atomic E-state index is 12.0. The standard InChI is InChI=1S/C16H22N2O/c1-4-16(19)15(18-11(2)3)9-12-10-17-14-8-6-5-7-13(12)14/h5-8,10-11,15,17-18H,4,9H2,1-3H3/t15-/m0/s1. The number of fused-ring (bicyclic) bond motifs is 1. The van der Waals surface area contributed by atoms with Gasteiger partial charge in [-0.25, -0.2) is 0 Å². The third-order valence-electron chi connectivity index (χ3n) is 3.37. The molecule has 102 valence electrons. The second-order valence-electron chi connectivity index (χ2n) is 5.26. The lowest BCUT2D eigenvalue weighted by atomic mass is 10.00. The van der Waals surface area contributed by atoms with Crippen molar-refractivity contribution in [3.05, 3.63) is 36.0 Å². The van der Waals surface area contributed by atoms with E-state index in [1.54, 1.807) is 0 Å². The summed E-state index contributed by atoms with van der Waals surface area (Å²) in [5, 5.41) is 4.58. The predicted molar refractivity (Wildman–Crippen MR) is 79.4 cm³/mol. The normalized spacial score (nSPS) is 13.1. The van der Waals surface area contributed by atoms with E-state index in [0.29, 0.717) is 12.5 Å². The van der Waals surface area contributed by atoms with E-state index in [4.69, 9.17) is 0 Å². The van der Waals surface area contributed by atoms with Gasteiger partial charge < -0.3 is 10.3 Å². The van der Waals surface area contributed by atoms with Crippen LogP contribution in [0.3, 0.4) is 0 Å². The molecule has 0 fully saturated rings. The lowest BCUT2D eigenvalue weighted by molar-refractivity contribution is -0.120. The third kappa shape index (κ3) is 3.24. The van der Waals surface area contributed by atoms with Crippen molar-refractivity contribution in [2.24, 2.45) is 0 Å². The molecule has 0 unspecified atom stereocenters. The summed E-state index contributed by atoms with van der Waals surface area (Å²) in [6, 6.07) is 8.43. The van der Waals surface area contributed by atoms with Crippen LogP contribution in [0.1, 0.15) is 32.8 Å². The summed E-state index contributed by atoms with van der Waals surface area (Å²) in [6.45, 7) is 6.07. The molecule has 2 rings (SSSR count). The Hall–Kier alpha value is -1.61. The lowest BCUT2D eigenvalue weighted by Gasteiger charge is -2.19. The Kier molecular flexibility index (Phi) is 4.38. The van der Waals surface area contributed by atoms with E-state index in [-0.39, 0.29) is 11.8 Å². The number of H-pyrrole nitrogens is 1. The Bertz CT molecular complexity index is 557. The summed E-state index contributed by atoms with van der Waals surface area (Å²) in [7, 11) is 0. The molecule has 1 aromatic heterocycles. The SMILES string of the molecule is CCC(=O)[C@H](Cc1c[nH]c2ccccc12)NC(C)C. The third-order valence-corrected chi connectivity index (χ3v) is 3.37. The highest BCUT2D eigenvalue weighted by molar-refractivity contribution is 5.87. The Labute approximate surface area is 114 Å². The molecule has 0 saturated heterocycles. The molecule has 0 aliphatic carbocycles. The number of hydrogen-bond acceptors (Lipinski definition) is 2. The molecular weight excluding hydrogens is 236 g/mol. The van der Waals surface area contributed by atoms with Crippen LogP contribution in [-0.2, 0) is 11.2 Å². The summed E-state index contributed by atoms with van der Waals surface area (Å²) in [4.78, 5) is 15.3. The minimum absolute atomic E-state index is 0.0933. The molecule has 2 aromatic rings. The molecule has 3 heteroatoms. The number of benzene rings is 1. The van der Waals surface area contributed by atoms with Crippen molar-refractivity contribution < 1.29 is 4.79 Å². The molecule has 0 aliphatic heterocycles. The number of aromatic amines is 1. The van der Waals surface area contributed by atoms with E-state index in [1.807, 2.05) is 25.3 Å². The molecule has 1 aromatic carbocycles. The van der Waals surface area contributed by atoms with Crippen LogP contribution in [0.15, 0.2) is 30.5 Å². The van der Waals surface area contributed by atoms with Gasteiger partial charge in [0, 0.05) is 29.6 Å². The van der Waals surface area contributed by atoms with Crippen molar-refractivity contribution in [1.82, 2.24) is 10.3 Å². The van der Waals surface area contributed by atoms with Gasteiger partial charge in [0.1, 0.15) is 5.78 Å². The van der Waals surface area contributed by atoms with Gasteiger partial charge in [0.25, 0.3) is 0 Å². The summed E-state index contributed by atoms with van der Waals surface area (Å²) in [6.07, 6.45) is 3.34. The number of rotatable bonds is 6. The number of ketones is 1. The summed E-state index contributed by atoms with van der Waals surface area (Å²) >= 11 is 0. The van der Waals surface area contributed by atoms with Crippen molar-refractivity contribution in [3.63, 3.8) is 0 Å². The van der Waals surface area contributed by atoms with Crippen LogP contribution in [0, 0.1) is 0 Å². The molecule has 0 radical (unpaired) electrons. The monoisotopic (exact) mass is 258 g/mol. The molecule has 3 nitrogen and oxygen atoms in total. The highest BCUT2D eigenvalue weighted by Crippen LogP contribution is 2.19. The second kappa shape index (κ2) is 6.02. The average molecular weight is 258 g/mol. The van der Waals surface area contributed by atoms with E-state index in [2.05, 4.69) is 36.3 Å². The van der Waals surface area contributed by atoms with Gasteiger partial charge in [0.2, 0.25) is 0 Å². The van der Waals surface area contributed by atoms with Crippen LogP contribution in [0.2, 0.25) is 0 Å². The average Bonchev–Trinajstić information content (AvgIpc) is 2.80. The molecule has 0 aliphatic rings. The van der Waals surface area contributed by atoms with Crippen LogP contribution < -0.4 is 5.32 Å². The van der Waals surface area contributed by atoms with Gasteiger partial charge in [-0.2, -0.15) is 0 Å². The fourth-order valence-corrected chi connectivity index (χ4v) is 2.43. The van der Waals surface area contributed by atoms with Crippen molar-refractivity contribution in [2.45, 2.75) is 45.7 Å². The fraction of sp³-hybridized carbons (Fsp3) is 0.438. The zero-order valence-corrected chi connectivity index (χ0v) is 11.9. The van der Waals surface area contributed by atoms with Crippen LogP contribution in [0.4, 0.5) is 0 Å². The largest absolute Gasteiger partial charge is 0.361 e. The number of Topliss-reactive ketones (excluding diaryl/α,β-unsaturated/α-hetero) is 1. The predicted octanol–water partition coefficient (Wildman–Crippen LogP) is 3.06. The molecule has 0 bridgehead atoms. The summed E-state index contributed by atoms with van der Waals surface area (Å²) in [5.41, 5.74) is 2.33. The smallest absolute Gasteiger partial charge is 0.149 e. The topological polar surface area (TPSA) is 44.9 Å². The number of para-hydroxylation sites is 1. The van der Waals surface area contributed by atoms with Crippen LogP contribution in [0.5, 0.6) is 0 Å². The minimum atomic E-state index is -0.0933. The highest BCUT2D eigenvalue weighted by Gasteiger charge is 2.19. The van der Waals surface area contributed by atoms with Crippen LogP contribution in [0.25, 0.3) is 10.9 Å². The van der Waals surface area contributed by atoms with Crippen LogP contribution >= 0.6 is 0 Å². The Balaban J connectivity index is 2.23. The quantitative estimate of drug-likeness (QED) is 0.836. The number of aromatic nitrogens is 1. The van der Waals surface area contributed by atoms with E-state index < -0.39 is 0 Å². The summed E-state index contributed by atoms with van der Waals surface area (Å²) < 4.78 is 0. The first-order valence-electron chi connectivity index (χ1n) is 6.95. The zero-order chi connectivity index (χ0) is 13.8. The maximum absolute atomic E-state index is 12.0. The van der Waals surface area contributed by atoms with Gasteiger partial charge in [-0.1, -0.05) is 39.0 Å². The number of hydrogen-bond donors (Lipinski definition) is 2. The molecule has 0 amide bonds. The fourth-order valence-electron chi connectivity index (χ4n) is 2.43. The molecule has 2 N–H and O–H groups in total. The van der Waals surface area contributed by atoms with E-state index in [9.17, 15) is 4.79 Å². The Morgan fingerprint density at radius 3 is 2.74 bits per heavy atom. The Morgan fingerprint density at radius 1 is 1.32 bits per heavy atom. The van der Waals surface area contributed by atoms with Gasteiger partial charge in [-0.3, -0.25) is 4.79 Å². The van der Waals surface area contributed by atoms with Gasteiger partial charge in [0.05, 0.1) is 6.04 Å². The van der Waals surface area contributed by atoms with Gasteiger partial charge in [0.15, 0.2) is 0 Å². The summed E-state index contributed by atoms with van der Waals surface area (Å²) in [5.74, 6) is 0.277. The molecule has 0 spiro atoms. The molecule has 1 atom stereocenters. The first kappa shape index (κ1) is 13.8. The van der Waals surface area contributed by atoms with Gasteiger partial charge >= 0.3 is 0 Å². The van der Waals surface area contributed by atoms with Crippen LogP contribution in [-0.4, -0.2) is 22.9 Å². The first-order chi connectivity index (χ1) is 9.11. The van der Waals surface area contributed by atoms with Crippen molar-refractivity contribution in [3.8, 4) is 0 Å². The zero-order valence-electron chi connectivity index (χ0n) is 11.9. The molecule has 19 heavy (non-hydrogen) atoms. The van der Waals surface area contributed by atoms with Gasteiger partial charge in [-0.15, -0.1) is 0 Å². The van der Waals surface area contributed by atoms with Gasteiger partial charge in [-0.05, 0) is 18.1 Å². The minimum Gasteiger partial charge on any atom is -0.361 e. The highest BCUT2D eigenvalue weighted by atomic mass is 16.1. The van der Waals surface area contributed by atoms with Crippen molar-refractivity contribution in [1.29, 1.82) is 0 Å². The molecule has 0 saturated carbocycles. The van der Waals surface area contributed by atoms with E-state index >= 15 is 0 Å². The molecular formula is C16H22N2O. The second-order valence-corrected chi connectivity index (χ2v) is 5.26. The first-order valence-corrected chi connectivity index (χ1v) is 6.95. The van der Waals surface area contributed by atoms with Crippen molar-refractivity contribution >= 4 is 16.7 Å². The molecule has 1 heterocycles. The Morgan fingerprint density at radius 2 is 2.05 bits per heavy atom. The van der Waals surface area contributed by atoms with E-state index in [1.165, 1.54) is 10.9 Å². The maximum Gasteiger partial charge on any atom is 0.149 e. The van der Waals surface area contributed by atoms with Crippen molar-refractivity contribution in [2.75, 3.05) is 0 Å². The number of nitrogens with one attached hydrogen (secondary N) is 2.